The number of benzene rings is 2. The highest BCUT2D eigenvalue weighted by Crippen LogP contribution is 2.30. The lowest BCUT2D eigenvalue weighted by atomic mass is 10.2. The van der Waals surface area contributed by atoms with E-state index in [0.29, 0.717) is 31.2 Å². The summed E-state index contributed by atoms with van der Waals surface area (Å²) < 4.78 is 24.6. The summed E-state index contributed by atoms with van der Waals surface area (Å²) in [5.41, 5.74) is 0.271. The lowest BCUT2D eigenvalue weighted by molar-refractivity contribution is -0.128. The maximum atomic E-state index is 13.5. The average Bonchev–Trinajstić information content (AvgIpc) is 2.59. The van der Waals surface area contributed by atoms with Gasteiger partial charge in [-0.05, 0) is 24.3 Å². The van der Waals surface area contributed by atoms with E-state index in [1.807, 2.05) is 18.2 Å². The molecule has 2 aromatic carbocycles. The zero-order valence-electron chi connectivity index (χ0n) is 12.4. The summed E-state index contributed by atoms with van der Waals surface area (Å²) in [6, 6.07) is 13.1. The summed E-state index contributed by atoms with van der Waals surface area (Å²) in [5, 5.41) is 5.75. The number of rotatable bonds is 4. The van der Waals surface area contributed by atoms with Crippen LogP contribution in [0.3, 0.4) is 0 Å². The number of nitrogens with one attached hydrogen (secondary N) is 2. The largest absolute Gasteiger partial charge is 0.455 e. The van der Waals surface area contributed by atoms with Gasteiger partial charge in [0.25, 0.3) is 5.91 Å². The van der Waals surface area contributed by atoms with Gasteiger partial charge in [0, 0.05) is 19.2 Å². The number of carbonyl (C=O) groups is 1. The minimum Gasteiger partial charge on any atom is -0.455 e. The summed E-state index contributed by atoms with van der Waals surface area (Å²) in [6.07, 6.45) is -0.600. The molecule has 2 aromatic rings. The minimum atomic E-state index is -0.600. The van der Waals surface area contributed by atoms with Crippen molar-refractivity contribution in [1.29, 1.82) is 0 Å². The van der Waals surface area contributed by atoms with Crippen molar-refractivity contribution in [2.24, 2.45) is 0 Å². The highest BCUT2D eigenvalue weighted by atomic mass is 19.1. The Bertz CT molecular complexity index is 673. The first-order chi connectivity index (χ1) is 11.2. The number of ether oxygens (including phenoxy) is 2. The van der Waals surface area contributed by atoms with Crippen LogP contribution in [0, 0.1) is 5.82 Å². The van der Waals surface area contributed by atoms with Crippen molar-refractivity contribution in [3.63, 3.8) is 0 Å². The number of hydrogen-bond acceptors (Lipinski definition) is 4. The van der Waals surface area contributed by atoms with Crippen LogP contribution in [-0.4, -0.2) is 31.7 Å². The van der Waals surface area contributed by atoms with Crippen molar-refractivity contribution >= 4 is 11.6 Å². The molecule has 1 saturated heterocycles. The molecule has 1 atom stereocenters. The monoisotopic (exact) mass is 316 g/mol. The first kappa shape index (κ1) is 15.5. The number of para-hydroxylation sites is 1. The second kappa shape index (κ2) is 7.21. The van der Waals surface area contributed by atoms with E-state index >= 15 is 0 Å². The summed E-state index contributed by atoms with van der Waals surface area (Å²) in [6.45, 7) is 1.61. The molecule has 0 unspecified atom stereocenters. The third-order valence-electron chi connectivity index (χ3n) is 3.39. The third kappa shape index (κ3) is 4.06. The van der Waals surface area contributed by atoms with E-state index in [-0.39, 0.29) is 11.6 Å². The Balaban J connectivity index is 1.77. The lowest BCUT2D eigenvalue weighted by Crippen LogP contribution is -2.45. The molecule has 0 saturated carbocycles. The molecule has 2 N–H and O–H groups in total. The molecule has 1 aliphatic rings. The standard InChI is InChI=1S/C17H17FN2O3/c18-12-6-7-15(23-13-4-2-1-3-5-13)14(10-12)20-17(21)16-11-19-8-9-22-16/h1-7,10,16,19H,8-9,11H2,(H,20,21)/t16-/m1/s1. The van der Waals surface area contributed by atoms with Gasteiger partial charge in [-0.2, -0.15) is 0 Å². The van der Waals surface area contributed by atoms with E-state index in [4.69, 9.17) is 9.47 Å². The van der Waals surface area contributed by atoms with Gasteiger partial charge in [0.2, 0.25) is 0 Å². The molecule has 0 aliphatic carbocycles. The molecule has 3 rings (SSSR count). The summed E-state index contributed by atoms with van der Waals surface area (Å²) >= 11 is 0. The molecule has 0 aromatic heterocycles. The Kier molecular flexibility index (Phi) is 4.85. The number of amides is 1. The fraction of sp³-hybridized carbons (Fsp3) is 0.235. The summed E-state index contributed by atoms with van der Waals surface area (Å²) in [5.74, 6) is 0.184. The predicted molar refractivity (Wildman–Crippen MR) is 84.2 cm³/mol. The van der Waals surface area contributed by atoms with Crippen LogP contribution in [0.2, 0.25) is 0 Å². The summed E-state index contributed by atoms with van der Waals surface area (Å²) in [4.78, 5) is 12.2. The average molecular weight is 316 g/mol. The number of hydrogen-bond donors (Lipinski definition) is 2. The smallest absolute Gasteiger partial charge is 0.254 e. The quantitative estimate of drug-likeness (QED) is 0.910. The van der Waals surface area contributed by atoms with E-state index in [2.05, 4.69) is 10.6 Å². The van der Waals surface area contributed by atoms with Gasteiger partial charge in [-0.1, -0.05) is 18.2 Å². The Morgan fingerprint density at radius 1 is 1.26 bits per heavy atom. The molecule has 6 heteroatoms. The zero-order chi connectivity index (χ0) is 16.1. The molecule has 0 spiro atoms. The molecule has 23 heavy (non-hydrogen) atoms. The topological polar surface area (TPSA) is 59.6 Å². The van der Waals surface area contributed by atoms with Gasteiger partial charge < -0.3 is 20.1 Å². The maximum Gasteiger partial charge on any atom is 0.254 e. The van der Waals surface area contributed by atoms with Gasteiger partial charge in [0.05, 0.1) is 12.3 Å². The minimum absolute atomic E-state index is 0.271. The van der Waals surface area contributed by atoms with E-state index < -0.39 is 11.9 Å². The van der Waals surface area contributed by atoms with Crippen molar-refractivity contribution < 1.29 is 18.7 Å². The molecule has 1 heterocycles. The number of halogens is 1. The molecule has 1 amide bonds. The van der Waals surface area contributed by atoms with Crippen LogP contribution in [0.25, 0.3) is 0 Å². The van der Waals surface area contributed by atoms with E-state index in [0.717, 1.165) is 0 Å². The normalized spacial score (nSPS) is 17.5. The van der Waals surface area contributed by atoms with Gasteiger partial charge in [0.1, 0.15) is 17.7 Å². The van der Waals surface area contributed by atoms with E-state index in [1.54, 1.807) is 12.1 Å². The van der Waals surface area contributed by atoms with Crippen LogP contribution >= 0.6 is 0 Å². The van der Waals surface area contributed by atoms with Crippen LogP contribution in [0.15, 0.2) is 48.5 Å². The van der Waals surface area contributed by atoms with Gasteiger partial charge in [-0.3, -0.25) is 4.79 Å². The molecule has 1 fully saturated rings. The van der Waals surface area contributed by atoms with Crippen LogP contribution in [-0.2, 0) is 9.53 Å². The second-order valence-corrected chi connectivity index (χ2v) is 5.11. The third-order valence-corrected chi connectivity index (χ3v) is 3.39. The fourth-order valence-electron chi connectivity index (χ4n) is 2.25. The van der Waals surface area contributed by atoms with Crippen molar-refractivity contribution in [2.75, 3.05) is 25.0 Å². The second-order valence-electron chi connectivity index (χ2n) is 5.11. The highest BCUT2D eigenvalue weighted by Gasteiger charge is 2.23. The highest BCUT2D eigenvalue weighted by molar-refractivity contribution is 5.95. The first-order valence-electron chi connectivity index (χ1n) is 7.38. The van der Waals surface area contributed by atoms with Crippen LogP contribution in [0.1, 0.15) is 0 Å². The molecule has 0 bridgehead atoms. The van der Waals surface area contributed by atoms with Crippen LogP contribution in [0.5, 0.6) is 11.5 Å². The molecule has 0 radical (unpaired) electrons. The molecule has 5 nitrogen and oxygen atoms in total. The molecular formula is C17H17FN2O3. The van der Waals surface area contributed by atoms with Crippen molar-refractivity contribution in [3.8, 4) is 11.5 Å². The lowest BCUT2D eigenvalue weighted by Gasteiger charge is -2.23. The van der Waals surface area contributed by atoms with E-state index in [1.165, 1.54) is 18.2 Å². The first-order valence-corrected chi connectivity index (χ1v) is 7.38. The van der Waals surface area contributed by atoms with Crippen LogP contribution in [0.4, 0.5) is 10.1 Å². The van der Waals surface area contributed by atoms with E-state index in [9.17, 15) is 9.18 Å². The summed E-state index contributed by atoms with van der Waals surface area (Å²) in [7, 11) is 0. The zero-order valence-corrected chi connectivity index (χ0v) is 12.4. The van der Waals surface area contributed by atoms with Gasteiger partial charge >= 0.3 is 0 Å². The molecule has 120 valence electrons. The van der Waals surface area contributed by atoms with Crippen molar-refractivity contribution in [3.05, 3.63) is 54.3 Å². The van der Waals surface area contributed by atoms with Gasteiger partial charge in [-0.15, -0.1) is 0 Å². The molecular weight excluding hydrogens is 299 g/mol. The number of carbonyl (C=O) groups excluding carboxylic acids is 1. The van der Waals surface area contributed by atoms with Crippen molar-refractivity contribution in [1.82, 2.24) is 5.32 Å². The number of morpholine rings is 1. The fourth-order valence-corrected chi connectivity index (χ4v) is 2.25. The maximum absolute atomic E-state index is 13.5. The molecule has 1 aliphatic heterocycles. The predicted octanol–water partition coefficient (Wildman–Crippen LogP) is 2.54. The Morgan fingerprint density at radius 3 is 2.83 bits per heavy atom. The number of anilines is 1. The SMILES string of the molecule is O=C(Nc1cc(F)ccc1Oc1ccccc1)[C@H]1CNCCO1. The van der Waals surface area contributed by atoms with Crippen molar-refractivity contribution in [2.45, 2.75) is 6.10 Å². The van der Waals surface area contributed by atoms with Gasteiger partial charge in [0.15, 0.2) is 5.75 Å². The van der Waals surface area contributed by atoms with Gasteiger partial charge in [-0.25, -0.2) is 4.39 Å². The Hall–Kier alpha value is -2.44. The van der Waals surface area contributed by atoms with Crippen LogP contribution < -0.4 is 15.4 Å². The Morgan fingerprint density at radius 2 is 2.09 bits per heavy atom. The Labute approximate surface area is 133 Å².